The second kappa shape index (κ2) is 10.2. The molecule has 1 unspecified atom stereocenters. The number of anilines is 2. The monoisotopic (exact) mass is 519 g/mol. The molecule has 1 fully saturated rings. The second-order valence-electron chi connectivity index (χ2n) is 9.96. The lowest BCUT2D eigenvalue weighted by Crippen LogP contribution is -2.32. The topological polar surface area (TPSA) is 78.5 Å². The summed E-state index contributed by atoms with van der Waals surface area (Å²) in [5, 5.41) is 5.68. The fourth-order valence-electron chi connectivity index (χ4n) is 5.36. The zero-order chi connectivity index (χ0) is 26.9. The number of hydrogen-bond donors (Lipinski definition) is 2. The number of benzene rings is 4. The molecule has 1 aliphatic carbocycles. The van der Waals surface area contributed by atoms with Crippen molar-refractivity contribution in [2.75, 3.05) is 16.8 Å². The van der Waals surface area contributed by atoms with Gasteiger partial charge in [-0.1, -0.05) is 48.5 Å². The van der Waals surface area contributed by atoms with E-state index in [2.05, 4.69) is 34.9 Å². The van der Waals surface area contributed by atoms with Gasteiger partial charge in [0.2, 0.25) is 11.8 Å². The zero-order valence-corrected chi connectivity index (χ0v) is 21.1. The van der Waals surface area contributed by atoms with Crippen LogP contribution in [0.15, 0.2) is 91.0 Å². The van der Waals surface area contributed by atoms with Crippen LogP contribution in [0.25, 0.3) is 11.1 Å². The van der Waals surface area contributed by atoms with E-state index in [4.69, 9.17) is 0 Å². The summed E-state index contributed by atoms with van der Waals surface area (Å²) in [6.45, 7) is 0.588. The summed E-state index contributed by atoms with van der Waals surface area (Å²) in [7, 11) is 0. The molecule has 3 amide bonds. The summed E-state index contributed by atoms with van der Waals surface area (Å²) in [5.41, 5.74) is 7.29. The minimum absolute atomic E-state index is 0.0623. The molecule has 1 aliphatic heterocycles. The number of carbonyl (C=O) groups excluding carboxylic acids is 3. The number of amides is 3. The number of nitrogens with zero attached hydrogens (tertiary/aromatic N) is 1. The van der Waals surface area contributed by atoms with Gasteiger partial charge in [-0.2, -0.15) is 0 Å². The van der Waals surface area contributed by atoms with E-state index in [1.54, 1.807) is 23.1 Å². The number of carbonyl (C=O) groups is 3. The molecular formula is C32H26FN3O3. The number of nitrogens with one attached hydrogen (secondary N) is 2. The summed E-state index contributed by atoms with van der Waals surface area (Å²) < 4.78 is 13.4. The Hall–Kier alpha value is -4.78. The van der Waals surface area contributed by atoms with Gasteiger partial charge in [-0.05, 0) is 76.7 Å². The van der Waals surface area contributed by atoms with Crippen molar-refractivity contribution in [1.29, 1.82) is 0 Å². The van der Waals surface area contributed by atoms with Gasteiger partial charge in [0.25, 0.3) is 5.91 Å². The molecule has 4 aromatic rings. The number of fused-ring (bicyclic) bond motifs is 3. The van der Waals surface area contributed by atoms with E-state index in [1.807, 2.05) is 24.3 Å². The third-order valence-corrected chi connectivity index (χ3v) is 7.32. The predicted octanol–water partition coefficient (Wildman–Crippen LogP) is 5.32. The maximum atomic E-state index is 13.4. The molecule has 1 heterocycles. The van der Waals surface area contributed by atoms with Crippen LogP contribution >= 0.6 is 0 Å². The lowest BCUT2D eigenvalue weighted by molar-refractivity contribution is -0.126. The molecule has 1 atom stereocenters. The van der Waals surface area contributed by atoms with Gasteiger partial charge in [-0.15, -0.1) is 0 Å². The average molecular weight is 520 g/mol. The summed E-state index contributed by atoms with van der Waals surface area (Å²) in [6, 6.07) is 27.0. The number of hydrogen-bond acceptors (Lipinski definition) is 3. The van der Waals surface area contributed by atoms with Crippen molar-refractivity contribution in [3.63, 3.8) is 0 Å². The van der Waals surface area contributed by atoms with Gasteiger partial charge in [0.1, 0.15) is 5.82 Å². The van der Waals surface area contributed by atoms with Crippen LogP contribution in [0.3, 0.4) is 0 Å². The normalized spacial score (nSPS) is 15.6. The van der Waals surface area contributed by atoms with E-state index in [0.717, 1.165) is 17.7 Å². The van der Waals surface area contributed by atoms with Gasteiger partial charge in [-0.25, -0.2) is 4.39 Å². The molecular weight excluding hydrogens is 493 g/mol. The van der Waals surface area contributed by atoms with Crippen LogP contribution in [0.2, 0.25) is 0 Å². The quantitative estimate of drug-likeness (QED) is 0.319. The van der Waals surface area contributed by atoms with Gasteiger partial charge in [0.15, 0.2) is 0 Å². The van der Waals surface area contributed by atoms with Gasteiger partial charge in [-0.3, -0.25) is 14.4 Å². The Morgan fingerprint density at radius 3 is 2.56 bits per heavy atom. The molecule has 39 heavy (non-hydrogen) atoms. The van der Waals surface area contributed by atoms with Crippen molar-refractivity contribution < 1.29 is 18.8 Å². The highest BCUT2D eigenvalue weighted by molar-refractivity contribution is 6.04. The van der Waals surface area contributed by atoms with Crippen molar-refractivity contribution >= 4 is 29.1 Å². The molecule has 0 aromatic heterocycles. The van der Waals surface area contributed by atoms with Gasteiger partial charge < -0.3 is 15.5 Å². The van der Waals surface area contributed by atoms with E-state index in [9.17, 15) is 18.8 Å². The smallest absolute Gasteiger partial charge is 0.255 e. The largest absolute Gasteiger partial charge is 0.352 e. The van der Waals surface area contributed by atoms with Crippen LogP contribution < -0.4 is 15.5 Å². The van der Waals surface area contributed by atoms with Gasteiger partial charge in [0.05, 0.1) is 5.92 Å². The van der Waals surface area contributed by atoms with E-state index in [1.165, 1.54) is 46.5 Å². The molecule has 4 aromatic carbocycles. The van der Waals surface area contributed by atoms with Crippen LogP contribution in [-0.2, 0) is 22.6 Å². The number of rotatable bonds is 6. The highest BCUT2D eigenvalue weighted by Gasteiger charge is 2.35. The summed E-state index contributed by atoms with van der Waals surface area (Å²) in [4.78, 5) is 39.9. The van der Waals surface area contributed by atoms with Gasteiger partial charge >= 0.3 is 0 Å². The Balaban J connectivity index is 1.07. The lowest BCUT2D eigenvalue weighted by Gasteiger charge is -2.18. The van der Waals surface area contributed by atoms with Crippen molar-refractivity contribution in [2.45, 2.75) is 19.4 Å². The van der Waals surface area contributed by atoms with Crippen molar-refractivity contribution in [3.05, 3.63) is 119 Å². The molecule has 0 spiro atoms. The van der Waals surface area contributed by atoms with Crippen molar-refractivity contribution in [1.82, 2.24) is 5.32 Å². The zero-order valence-electron chi connectivity index (χ0n) is 21.1. The third-order valence-electron chi connectivity index (χ3n) is 7.32. The Morgan fingerprint density at radius 2 is 1.69 bits per heavy atom. The molecule has 6 nitrogen and oxygen atoms in total. The highest BCUT2D eigenvalue weighted by atomic mass is 19.1. The molecule has 0 bridgehead atoms. The Bertz CT molecular complexity index is 1620. The summed E-state index contributed by atoms with van der Waals surface area (Å²) >= 11 is 0. The molecule has 7 heteroatoms. The molecule has 0 saturated carbocycles. The van der Waals surface area contributed by atoms with Crippen LogP contribution in [0.4, 0.5) is 15.8 Å². The second-order valence-corrected chi connectivity index (χ2v) is 9.96. The Kier molecular flexibility index (Phi) is 6.40. The Labute approximate surface area is 225 Å². The van der Waals surface area contributed by atoms with Crippen LogP contribution in [0, 0.1) is 11.7 Å². The first-order chi connectivity index (χ1) is 18.9. The highest BCUT2D eigenvalue weighted by Crippen LogP contribution is 2.39. The number of halogens is 1. The van der Waals surface area contributed by atoms with Crippen molar-refractivity contribution in [2.24, 2.45) is 5.92 Å². The Morgan fingerprint density at radius 1 is 0.872 bits per heavy atom. The van der Waals surface area contributed by atoms with E-state index in [-0.39, 0.29) is 30.3 Å². The average Bonchev–Trinajstić information content (AvgIpc) is 3.52. The first kappa shape index (κ1) is 24.6. The summed E-state index contributed by atoms with van der Waals surface area (Å²) in [6.07, 6.45) is 1.000. The minimum atomic E-state index is -0.482. The SMILES string of the molecule is O=C(Nc1cccc(CNC(=O)C2CC(=O)N(c3ccc4c(c3)Cc3ccccc3-4)C2)c1)c1cccc(F)c1. The van der Waals surface area contributed by atoms with Crippen molar-refractivity contribution in [3.8, 4) is 11.1 Å². The first-order valence-electron chi connectivity index (χ1n) is 12.9. The molecule has 2 N–H and O–H groups in total. The fourth-order valence-corrected chi connectivity index (χ4v) is 5.36. The van der Waals surface area contributed by atoms with Crippen LogP contribution in [-0.4, -0.2) is 24.3 Å². The third kappa shape index (κ3) is 5.03. The molecule has 6 rings (SSSR count). The van der Waals surface area contributed by atoms with E-state index < -0.39 is 17.6 Å². The molecule has 2 aliphatic rings. The summed E-state index contributed by atoms with van der Waals surface area (Å²) in [5.74, 6) is -1.60. The van der Waals surface area contributed by atoms with E-state index >= 15 is 0 Å². The first-order valence-corrected chi connectivity index (χ1v) is 12.9. The fraction of sp³-hybridized carbons (Fsp3) is 0.156. The standard InChI is InChI=1S/C32H26FN3O3/c33-25-8-4-7-22(15-25)32(39)35-26-9-3-5-20(13-26)18-34-31(38)24-17-30(37)36(19-24)27-11-12-29-23(16-27)14-21-6-1-2-10-28(21)29/h1-13,15-16,24H,14,17-19H2,(H,34,38)(H,35,39). The van der Waals surface area contributed by atoms with Gasteiger partial charge in [0, 0.05) is 36.4 Å². The maximum absolute atomic E-state index is 13.4. The minimum Gasteiger partial charge on any atom is -0.352 e. The molecule has 194 valence electrons. The van der Waals surface area contributed by atoms with E-state index in [0.29, 0.717) is 12.2 Å². The molecule has 0 radical (unpaired) electrons. The van der Waals surface area contributed by atoms with Crippen LogP contribution in [0.1, 0.15) is 33.5 Å². The molecule has 1 saturated heterocycles. The predicted molar refractivity (Wildman–Crippen MR) is 148 cm³/mol. The maximum Gasteiger partial charge on any atom is 0.255 e. The van der Waals surface area contributed by atoms with Crippen LogP contribution in [0.5, 0.6) is 0 Å². The lowest BCUT2D eigenvalue weighted by atomic mass is 10.1.